The Morgan fingerprint density at radius 3 is 2.65 bits per heavy atom. The molecule has 1 heterocycles. The number of hydrogen-bond acceptors (Lipinski definition) is 4. The maximum atomic E-state index is 11.7. The van der Waals surface area contributed by atoms with Crippen LogP contribution in [0.15, 0.2) is 28.7 Å². The molecule has 4 nitrogen and oxygen atoms in total. The lowest BCUT2D eigenvalue weighted by molar-refractivity contribution is 0.00381. The smallest absolute Gasteiger partial charge is 0.374 e. The van der Waals surface area contributed by atoms with E-state index in [1.807, 2.05) is 0 Å². The molecule has 0 radical (unpaired) electrons. The van der Waals surface area contributed by atoms with E-state index in [0.29, 0.717) is 5.58 Å². The molecule has 0 fully saturated rings. The topological polar surface area (TPSA) is 59.7 Å². The molecule has 1 aromatic carbocycles. The molecule has 1 aromatic heterocycles. The molecular formula is C13H14O4. The Labute approximate surface area is 98.8 Å². The molecule has 0 aliphatic rings. The summed E-state index contributed by atoms with van der Waals surface area (Å²) in [6.45, 7) is 5.37. The van der Waals surface area contributed by atoms with Gasteiger partial charge in [-0.25, -0.2) is 4.79 Å². The van der Waals surface area contributed by atoms with Crippen molar-refractivity contribution >= 4 is 16.9 Å². The molecule has 0 unspecified atom stereocenters. The van der Waals surface area contributed by atoms with E-state index >= 15 is 0 Å². The number of phenols is 1. The van der Waals surface area contributed by atoms with E-state index in [1.165, 1.54) is 12.1 Å². The molecule has 2 aromatic rings. The largest absolute Gasteiger partial charge is 0.508 e. The number of furan rings is 1. The highest BCUT2D eigenvalue weighted by Gasteiger charge is 2.21. The number of carbonyl (C=O) groups excluding carboxylic acids is 1. The third-order valence-corrected chi connectivity index (χ3v) is 2.10. The first-order valence-electron chi connectivity index (χ1n) is 5.31. The first kappa shape index (κ1) is 11.5. The fraction of sp³-hybridized carbons (Fsp3) is 0.308. The van der Waals surface area contributed by atoms with Gasteiger partial charge in [0, 0.05) is 11.5 Å². The Kier molecular flexibility index (Phi) is 2.58. The number of rotatable bonds is 1. The molecule has 1 N–H and O–H groups in total. The summed E-state index contributed by atoms with van der Waals surface area (Å²) in [5, 5.41) is 10.0. The summed E-state index contributed by atoms with van der Waals surface area (Å²) in [5.41, 5.74) is -0.0936. The van der Waals surface area contributed by atoms with Gasteiger partial charge in [0.15, 0.2) is 0 Å². The molecule has 0 saturated heterocycles. The highest BCUT2D eigenvalue weighted by atomic mass is 16.6. The van der Waals surface area contributed by atoms with Crippen LogP contribution in [0.2, 0.25) is 0 Å². The average Bonchev–Trinajstić information content (AvgIpc) is 2.57. The summed E-state index contributed by atoms with van der Waals surface area (Å²) < 4.78 is 10.5. The molecule has 0 saturated carbocycles. The number of hydrogen-bond donors (Lipinski definition) is 1. The lowest BCUT2D eigenvalue weighted by atomic mass is 10.2. The molecule has 0 aliphatic carbocycles. The molecular weight excluding hydrogens is 220 g/mol. The van der Waals surface area contributed by atoms with Gasteiger partial charge in [-0.05, 0) is 39.0 Å². The quantitative estimate of drug-likeness (QED) is 0.770. The molecule has 0 bridgehead atoms. The van der Waals surface area contributed by atoms with Crippen LogP contribution in [0.5, 0.6) is 5.75 Å². The third-order valence-electron chi connectivity index (χ3n) is 2.10. The maximum Gasteiger partial charge on any atom is 0.374 e. The Morgan fingerprint density at radius 2 is 2.00 bits per heavy atom. The van der Waals surface area contributed by atoms with Crippen LogP contribution in [-0.4, -0.2) is 16.7 Å². The number of carbonyl (C=O) groups is 1. The summed E-state index contributed by atoms with van der Waals surface area (Å²) in [6, 6.07) is 6.28. The van der Waals surface area contributed by atoms with Gasteiger partial charge in [0.25, 0.3) is 0 Å². The normalized spacial score (nSPS) is 11.7. The predicted molar refractivity (Wildman–Crippen MR) is 63.0 cm³/mol. The second-order valence-electron chi connectivity index (χ2n) is 4.83. The van der Waals surface area contributed by atoms with Crippen LogP contribution >= 0.6 is 0 Å². The fourth-order valence-electron chi connectivity index (χ4n) is 1.45. The molecule has 0 amide bonds. The van der Waals surface area contributed by atoms with Crippen molar-refractivity contribution in [2.24, 2.45) is 0 Å². The van der Waals surface area contributed by atoms with Gasteiger partial charge in [-0.3, -0.25) is 0 Å². The third kappa shape index (κ3) is 2.58. The van der Waals surface area contributed by atoms with Gasteiger partial charge in [-0.15, -0.1) is 0 Å². The van der Waals surface area contributed by atoms with Gasteiger partial charge >= 0.3 is 5.97 Å². The SMILES string of the molecule is CC(C)(C)OC(=O)c1cc2ccc(O)cc2o1. The molecule has 4 heteroatoms. The van der Waals surface area contributed by atoms with Crippen molar-refractivity contribution in [2.45, 2.75) is 26.4 Å². The minimum Gasteiger partial charge on any atom is -0.508 e. The summed E-state index contributed by atoms with van der Waals surface area (Å²) >= 11 is 0. The van der Waals surface area contributed by atoms with E-state index < -0.39 is 11.6 Å². The number of benzene rings is 1. The Morgan fingerprint density at radius 1 is 1.29 bits per heavy atom. The van der Waals surface area contributed by atoms with E-state index in [4.69, 9.17) is 9.15 Å². The van der Waals surface area contributed by atoms with Gasteiger partial charge in [0.2, 0.25) is 5.76 Å². The monoisotopic (exact) mass is 234 g/mol. The first-order valence-corrected chi connectivity index (χ1v) is 5.31. The van der Waals surface area contributed by atoms with Crippen LogP contribution in [0.4, 0.5) is 0 Å². The molecule has 0 spiro atoms. The lowest BCUT2D eigenvalue weighted by Gasteiger charge is -2.18. The minimum atomic E-state index is -0.557. The van der Waals surface area contributed by atoms with Crippen LogP contribution in [0.1, 0.15) is 31.3 Å². The average molecular weight is 234 g/mol. The number of fused-ring (bicyclic) bond motifs is 1. The summed E-state index contributed by atoms with van der Waals surface area (Å²) in [7, 11) is 0. The van der Waals surface area contributed by atoms with Gasteiger partial charge in [-0.1, -0.05) is 0 Å². The van der Waals surface area contributed by atoms with Crippen LogP contribution in [0.25, 0.3) is 11.0 Å². The molecule has 90 valence electrons. The van der Waals surface area contributed by atoms with E-state index in [-0.39, 0.29) is 11.5 Å². The van der Waals surface area contributed by atoms with Crippen molar-refractivity contribution in [3.63, 3.8) is 0 Å². The van der Waals surface area contributed by atoms with Crippen molar-refractivity contribution in [1.29, 1.82) is 0 Å². The van der Waals surface area contributed by atoms with E-state index in [0.717, 1.165) is 5.39 Å². The summed E-state index contributed by atoms with van der Waals surface area (Å²) in [6.07, 6.45) is 0. The van der Waals surface area contributed by atoms with Crippen molar-refractivity contribution < 1.29 is 19.1 Å². The number of ether oxygens (including phenoxy) is 1. The Hall–Kier alpha value is -1.97. The molecule has 0 atom stereocenters. The van der Waals surface area contributed by atoms with Gasteiger partial charge < -0.3 is 14.3 Å². The van der Waals surface area contributed by atoms with E-state index in [1.54, 1.807) is 32.9 Å². The van der Waals surface area contributed by atoms with Crippen molar-refractivity contribution in [2.75, 3.05) is 0 Å². The van der Waals surface area contributed by atoms with Crippen LogP contribution < -0.4 is 0 Å². The first-order chi connectivity index (χ1) is 7.85. The second-order valence-corrected chi connectivity index (χ2v) is 4.83. The van der Waals surface area contributed by atoms with Gasteiger partial charge in [-0.2, -0.15) is 0 Å². The van der Waals surface area contributed by atoms with Crippen LogP contribution in [-0.2, 0) is 4.74 Å². The molecule has 17 heavy (non-hydrogen) atoms. The van der Waals surface area contributed by atoms with Gasteiger partial charge in [0.1, 0.15) is 16.9 Å². The van der Waals surface area contributed by atoms with Crippen LogP contribution in [0, 0.1) is 0 Å². The number of esters is 1. The predicted octanol–water partition coefficient (Wildman–Crippen LogP) is 3.09. The maximum absolute atomic E-state index is 11.7. The van der Waals surface area contributed by atoms with Crippen molar-refractivity contribution in [3.05, 3.63) is 30.0 Å². The minimum absolute atomic E-state index is 0.0996. The van der Waals surface area contributed by atoms with Gasteiger partial charge in [0.05, 0.1) is 0 Å². The number of phenolic OH excluding ortho intramolecular Hbond substituents is 1. The Balaban J connectivity index is 2.33. The van der Waals surface area contributed by atoms with Crippen molar-refractivity contribution in [3.8, 4) is 5.75 Å². The molecule has 0 aliphatic heterocycles. The Bertz CT molecular complexity index is 560. The summed E-state index contributed by atoms with van der Waals surface area (Å²) in [5.74, 6) is -0.267. The highest BCUT2D eigenvalue weighted by molar-refractivity contribution is 5.93. The van der Waals surface area contributed by atoms with E-state index in [9.17, 15) is 9.90 Å². The second kappa shape index (κ2) is 3.80. The van der Waals surface area contributed by atoms with Crippen LogP contribution in [0.3, 0.4) is 0 Å². The summed E-state index contributed by atoms with van der Waals surface area (Å²) in [4.78, 5) is 11.7. The van der Waals surface area contributed by atoms with E-state index in [2.05, 4.69) is 0 Å². The zero-order valence-corrected chi connectivity index (χ0v) is 9.98. The zero-order chi connectivity index (χ0) is 12.6. The van der Waals surface area contributed by atoms with Crippen molar-refractivity contribution in [1.82, 2.24) is 0 Å². The lowest BCUT2D eigenvalue weighted by Crippen LogP contribution is -2.23. The number of aromatic hydroxyl groups is 1. The molecule has 2 rings (SSSR count). The zero-order valence-electron chi connectivity index (χ0n) is 9.98. The highest BCUT2D eigenvalue weighted by Crippen LogP contribution is 2.24. The fourth-order valence-corrected chi connectivity index (χ4v) is 1.45. The standard InChI is InChI=1S/C13H14O4/c1-13(2,3)17-12(15)11-6-8-4-5-9(14)7-10(8)16-11/h4-7,14H,1-3H3.